The molecule has 14 aromatic rings. The number of nitrogens with zero attached hydrogens (tertiary/aromatic N) is 3. The van der Waals surface area contributed by atoms with Crippen molar-refractivity contribution in [2.45, 2.75) is 187 Å². The van der Waals surface area contributed by atoms with Crippen molar-refractivity contribution < 1.29 is 0 Å². The predicted molar refractivity (Wildman–Crippen MR) is 504 cm³/mol. The van der Waals surface area contributed by atoms with E-state index in [1.54, 1.807) is 11.1 Å². The number of rotatable bonds is 33. The number of para-hydroxylation sites is 4. The number of unbranched alkanes of at least 4 members (excludes halogenated alkanes) is 12. The first kappa shape index (κ1) is 79.3. The van der Waals surface area contributed by atoms with Crippen LogP contribution >= 0.6 is 0 Å². The Morgan fingerprint density at radius 1 is 0.222 bits per heavy atom. The fourth-order valence-corrected chi connectivity index (χ4v) is 19.3. The minimum atomic E-state index is -0.0274. The second-order valence-corrected chi connectivity index (χ2v) is 33.6. The van der Waals surface area contributed by atoms with Crippen LogP contribution in [-0.2, 0) is 23.7 Å². The number of fused-ring (bicyclic) bond motifs is 7. The summed E-state index contributed by atoms with van der Waals surface area (Å²) < 4.78 is 0. The van der Waals surface area contributed by atoms with Gasteiger partial charge in [-0.15, -0.1) is 0 Å². The van der Waals surface area contributed by atoms with Gasteiger partial charge in [0, 0.05) is 63.4 Å². The first-order valence-corrected chi connectivity index (χ1v) is 44.4. The zero-order valence-electron chi connectivity index (χ0n) is 70.2. The molecule has 0 N–H and O–H groups in total. The van der Waals surface area contributed by atoms with Crippen molar-refractivity contribution in [3.05, 3.63) is 373 Å². The van der Waals surface area contributed by atoms with Crippen molar-refractivity contribution >= 4 is 45.5 Å². The molecule has 0 heterocycles. The first-order chi connectivity index (χ1) is 57.6. The summed E-state index contributed by atoms with van der Waals surface area (Å²) in [5, 5.41) is 0. The van der Waals surface area contributed by atoms with Gasteiger partial charge in [0.05, 0.1) is 0 Å². The van der Waals surface area contributed by atoms with E-state index in [0.717, 1.165) is 34.1 Å². The van der Waals surface area contributed by atoms with E-state index >= 15 is 0 Å². The third kappa shape index (κ3) is 17.2. The van der Waals surface area contributed by atoms with Gasteiger partial charge in [-0.25, -0.2) is 0 Å². The maximum absolute atomic E-state index is 2.59. The highest BCUT2D eigenvalue weighted by Crippen LogP contribution is 2.58. The van der Waals surface area contributed by atoms with Crippen LogP contribution in [0, 0.1) is 6.92 Å². The molecule has 0 aliphatic heterocycles. The third-order valence-corrected chi connectivity index (χ3v) is 25.9. The highest BCUT2D eigenvalue weighted by molar-refractivity contribution is 5.90. The van der Waals surface area contributed by atoms with Crippen molar-refractivity contribution in [2.75, 3.05) is 21.7 Å². The Balaban J connectivity index is 0.000000181. The first-order valence-electron chi connectivity index (χ1n) is 44.4. The molecule has 0 saturated carbocycles. The summed E-state index contributed by atoms with van der Waals surface area (Å²) in [5.41, 5.74) is 38.5. The molecule has 0 aromatic heterocycles. The fourth-order valence-electron chi connectivity index (χ4n) is 19.3. The van der Waals surface area contributed by atoms with E-state index in [1.807, 2.05) is 0 Å². The Kier molecular flexibility index (Phi) is 25.2. The fraction of sp³-hybridized carbons (Fsp3) is 0.263. The molecule has 0 unspecified atom stereocenters. The van der Waals surface area contributed by atoms with Gasteiger partial charge in [-0.2, -0.15) is 0 Å². The normalized spacial score (nSPS) is 12.9. The number of benzene rings is 14. The van der Waals surface area contributed by atoms with E-state index in [0.29, 0.717) is 0 Å². The summed E-state index contributed by atoms with van der Waals surface area (Å²) in [5.74, 6) is 0. The van der Waals surface area contributed by atoms with Gasteiger partial charge in [-0.05, 0) is 278 Å². The van der Waals surface area contributed by atoms with Crippen LogP contribution in [0.15, 0.2) is 334 Å². The van der Waals surface area contributed by atoms with E-state index in [2.05, 4.69) is 390 Å². The van der Waals surface area contributed by atoms with Gasteiger partial charge in [-0.3, -0.25) is 0 Å². The van der Waals surface area contributed by atoms with Gasteiger partial charge in [0.2, 0.25) is 0 Å². The van der Waals surface area contributed by atoms with Crippen LogP contribution in [0.1, 0.15) is 195 Å². The summed E-state index contributed by atoms with van der Waals surface area (Å²) in [6, 6.07) is 125. The van der Waals surface area contributed by atoms with E-state index in [4.69, 9.17) is 0 Å². The van der Waals surface area contributed by atoms with Crippen molar-refractivity contribution in [3.8, 4) is 77.9 Å². The third-order valence-electron chi connectivity index (χ3n) is 25.9. The van der Waals surface area contributed by atoms with E-state index in [1.165, 1.54) is 258 Å². The smallest absolute Gasteiger partial charge is 0.0462 e. The zero-order chi connectivity index (χ0) is 79.9. The second kappa shape index (κ2) is 37.2. The SMILES string of the molecule is CCCCCCC1(CCCCCC)c2cc(-c3ccc(C)cc3)ccc2-c2ccc(-c3ccc(N(c4ccccc4)c4ccccc4)cc3)cc21.CCCCCCC1(CCCCCC)c2cc(-c3ccc(N(C)c4cccc(-c5ccc6c(c5)CC6)c4)cc3)ccc2-c2ccc(-c3ccc(N(c4ccccc4)c4ccccc4)cc3)cc21. The number of hydrogen-bond acceptors (Lipinski definition) is 3. The van der Waals surface area contributed by atoms with Gasteiger partial charge in [-0.1, -0.05) is 348 Å². The Labute approximate surface area is 699 Å². The van der Waals surface area contributed by atoms with Crippen molar-refractivity contribution in [2.24, 2.45) is 0 Å². The number of hydrogen-bond donors (Lipinski definition) is 0. The van der Waals surface area contributed by atoms with Gasteiger partial charge < -0.3 is 14.7 Å². The molecular formula is C114H117N3. The van der Waals surface area contributed by atoms with Crippen LogP contribution in [0.2, 0.25) is 0 Å². The predicted octanol–water partition coefficient (Wildman–Crippen LogP) is 33.2. The van der Waals surface area contributed by atoms with E-state index in [9.17, 15) is 0 Å². The summed E-state index contributed by atoms with van der Waals surface area (Å²) in [4.78, 5) is 7.00. The average Bonchev–Trinajstić information content (AvgIpc) is 1.57. The molecule has 3 aliphatic carbocycles. The molecule has 588 valence electrons. The van der Waals surface area contributed by atoms with Crippen LogP contribution < -0.4 is 14.7 Å². The quantitative estimate of drug-likeness (QED) is 0.0380. The highest BCUT2D eigenvalue weighted by atomic mass is 15.1. The Hall–Kier alpha value is -11.5. The minimum Gasteiger partial charge on any atom is -0.345 e. The van der Waals surface area contributed by atoms with Gasteiger partial charge in [0.1, 0.15) is 0 Å². The molecule has 0 radical (unpaired) electrons. The van der Waals surface area contributed by atoms with Crippen LogP contribution in [-0.4, -0.2) is 7.05 Å². The molecule has 0 saturated heterocycles. The molecule has 117 heavy (non-hydrogen) atoms. The van der Waals surface area contributed by atoms with Crippen molar-refractivity contribution in [3.63, 3.8) is 0 Å². The molecule has 3 heteroatoms. The molecule has 0 bridgehead atoms. The zero-order valence-corrected chi connectivity index (χ0v) is 70.2. The minimum absolute atomic E-state index is 0.0274. The maximum Gasteiger partial charge on any atom is 0.0462 e. The molecule has 3 nitrogen and oxygen atoms in total. The van der Waals surface area contributed by atoms with E-state index in [-0.39, 0.29) is 10.8 Å². The maximum atomic E-state index is 2.59. The summed E-state index contributed by atoms with van der Waals surface area (Å²) in [6.45, 7) is 11.5. The molecule has 0 spiro atoms. The molecule has 0 fully saturated rings. The molecular weight excluding hydrogens is 1410 g/mol. The summed E-state index contributed by atoms with van der Waals surface area (Å²) in [7, 11) is 2.19. The van der Waals surface area contributed by atoms with Crippen LogP contribution in [0.3, 0.4) is 0 Å². The van der Waals surface area contributed by atoms with Crippen LogP contribution in [0.25, 0.3) is 77.9 Å². The standard InChI is InChI=1S/C64H64N2.C50H53N/c1-4-6-8-16-41-64(42-17-9-7-5-2)62-45-53(48-29-35-55(36-30-48)65(3)59-24-18-19-50(44-59)52-28-26-47-25-27-51(47)43-52)33-39-60(62)61-40-34-54(46-63(61)64)49-31-37-58(38-32-49)66(56-20-12-10-13-21-56)57-22-14-11-15-23-57;1-4-6-8-16-34-50(35-17-9-7-5-2)48-36-41(39-24-22-38(3)23-25-39)28-32-46(48)47-33-29-42(37-49(47)50)40-26-30-45(31-27-40)51(43-18-12-10-13-19-43)44-20-14-11-15-21-44/h10-15,18-24,26,28-40,43-46H,4-9,16-17,25,27,41-42H2,1-3H3;10-15,18-33,36-37H,4-9,16-17,34-35H2,1-3H3. The second-order valence-electron chi connectivity index (χ2n) is 33.6. The molecule has 0 atom stereocenters. The lowest BCUT2D eigenvalue weighted by Crippen LogP contribution is -2.25. The average molecular weight is 1530 g/mol. The highest BCUT2D eigenvalue weighted by Gasteiger charge is 2.44. The van der Waals surface area contributed by atoms with Gasteiger partial charge in [0.15, 0.2) is 0 Å². The largest absolute Gasteiger partial charge is 0.345 e. The summed E-state index contributed by atoms with van der Waals surface area (Å²) >= 11 is 0. The van der Waals surface area contributed by atoms with Gasteiger partial charge >= 0.3 is 0 Å². The molecule has 17 rings (SSSR count). The van der Waals surface area contributed by atoms with Crippen molar-refractivity contribution in [1.29, 1.82) is 0 Å². The number of anilines is 8. The van der Waals surface area contributed by atoms with E-state index < -0.39 is 0 Å². The molecule has 0 amide bonds. The Bertz CT molecular complexity index is 5490. The van der Waals surface area contributed by atoms with Crippen molar-refractivity contribution in [1.82, 2.24) is 0 Å². The topological polar surface area (TPSA) is 9.72 Å². The molecule has 3 aliphatic rings. The summed E-state index contributed by atoms with van der Waals surface area (Å²) in [6.07, 6.45) is 27.6. The Morgan fingerprint density at radius 3 is 0.812 bits per heavy atom. The molecule has 14 aromatic carbocycles. The number of aryl methyl sites for hydroxylation is 3. The van der Waals surface area contributed by atoms with Crippen LogP contribution in [0.5, 0.6) is 0 Å². The van der Waals surface area contributed by atoms with Gasteiger partial charge in [0.25, 0.3) is 0 Å². The Morgan fingerprint density at radius 2 is 0.496 bits per heavy atom. The lowest BCUT2D eigenvalue weighted by molar-refractivity contribution is 0.401. The lowest BCUT2D eigenvalue weighted by Gasteiger charge is -2.33. The monoisotopic (exact) mass is 1530 g/mol. The van der Waals surface area contributed by atoms with Crippen LogP contribution in [0.4, 0.5) is 45.5 Å². The lowest BCUT2D eigenvalue weighted by atomic mass is 9.70.